The van der Waals surface area contributed by atoms with Crippen LogP contribution in [0.2, 0.25) is 0 Å². The van der Waals surface area contributed by atoms with Gasteiger partial charge in [0.25, 0.3) is 0 Å². The highest BCUT2D eigenvalue weighted by Crippen LogP contribution is 2.29. The lowest BCUT2D eigenvalue weighted by Gasteiger charge is -2.10. The molecule has 0 spiro atoms. The van der Waals surface area contributed by atoms with Crippen LogP contribution in [0.4, 0.5) is 5.69 Å². The van der Waals surface area contributed by atoms with Gasteiger partial charge in [-0.15, -0.1) is 0 Å². The van der Waals surface area contributed by atoms with E-state index < -0.39 is 9.84 Å². The third-order valence-electron chi connectivity index (χ3n) is 2.55. The van der Waals surface area contributed by atoms with Gasteiger partial charge in [0.15, 0.2) is 0 Å². The summed E-state index contributed by atoms with van der Waals surface area (Å²) in [5, 5.41) is 2.90. The zero-order chi connectivity index (χ0) is 13.2. The molecule has 0 aliphatic rings. The van der Waals surface area contributed by atoms with E-state index in [0.29, 0.717) is 10.6 Å². The lowest BCUT2D eigenvalue weighted by molar-refractivity contribution is 0.596. The van der Waals surface area contributed by atoms with Crippen LogP contribution >= 0.6 is 15.9 Å². The van der Waals surface area contributed by atoms with E-state index in [2.05, 4.69) is 21.2 Å². The summed E-state index contributed by atoms with van der Waals surface area (Å²) >= 11 is 3.33. The van der Waals surface area contributed by atoms with E-state index in [1.54, 1.807) is 55.6 Å². The standard InChI is InChI=1S/C13H12BrNO2S/c1-15-12-9-10(14)7-8-13(12)18(16,17)11-5-3-2-4-6-11/h2-9,15H,1H3. The molecule has 3 nitrogen and oxygen atoms in total. The quantitative estimate of drug-likeness (QED) is 0.941. The Kier molecular flexibility index (Phi) is 3.73. The van der Waals surface area contributed by atoms with Crippen molar-refractivity contribution < 1.29 is 8.42 Å². The first kappa shape index (κ1) is 13.1. The number of sulfone groups is 1. The molecule has 2 aromatic carbocycles. The maximum absolute atomic E-state index is 12.5. The summed E-state index contributed by atoms with van der Waals surface area (Å²) in [5.41, 5.74) is 0.577. The van der Waals surface area contributed by atoms with Gasteiger partial charge in [0, 0.05) is 11.5 Å². The molecule has 0 amide bonds. The van der Waals surface area contributed by atoms with Gasteiger partial charge in [0.1, 0.15) is 0 Å². The molecule has 0 aliphatic carbocycles. The van der Waals surface area contributed by atoms with Crippen molar-refractivity contribution in [2.24, 2.45) is 0 Å². The first-order chi connectivity index (χ1) is 8.55. The molecular formula is C13H12BrNO2S. The maximum atomic E-state index is 12.5. The summed E-state index contributed by atoms with van der Waals surface area (Å²) in [6, 6.07) is 13.5. The second kappa shape index (κ2) is 5.12. The predicted molar refractivity (Wildman–Crippen MR) is 75.6 cm³/mol. The second-order valence-corrected chi connectivity index (χ2v) is 6.54. The Balaban J connectivity index is 2.62. The summed E-state index contributed by atoms with van der Waals surface area (Å²) < 4.78 is 25.8. The van der Waals surface area contributed by atoms with E-state index in [4.69, 9.17) is 0 Å². The minimum Gasteiger partial charge on any atom is -0.387 e. The molecule has 2 aromatic rings. The van der Waals surface area contributed by atoms with Crippen molar-refractivity contribution in [3.8, 4) is 0 Å². The molecule has 0 aromatic heterocycles. The molecule has 0 atom stereocenters. The molecule has 5 heteroatoms. The second-order valence-electron chi connectivity index (χ2n) is 3.71. The zero-order valence-corrected chi connectivity index (χ0v) is 12.1. The Morgan fingerprint density at radius 3 is 2.33 bits per heavy atom. The normalized spacial score (nSPS) is 11.2. The van der Waals surface area contributed by atoms with Crippen molar-refractivity contribution in [3.63, 3.8) is 0 Å². The van der Waals surface area contributed by atoms with Gasteiger partial charge in [-0.1, -0.05) is 34.1 Å². The summed E-state index contributed by atoms with van der Waals surface area (Å²) in [4.78, 5) is 0.572. The number of hydrogen-bond acceptors (Lipinski definition) is 3. The third kappa shape index (κ3) is 2.42. The fourth-order valence-electron chi connectivity index (χ4n) is 1.66. The molecule has 0 radical (unpaired) electrons. The zero-order valence-electron chi connectivity index (χ0n) is 9.72. The van der Waals surface area contributed by atoms with Crippen molar-refractivity contribution in [2.45, 2.75) is 9.79 Å². The highest BCUT2D eigenvalue weighted by atomic mass is 79.9. The summed E-state index contributed by atoms with van der Waals surface area (Å²) in [5.74, 6) is 0. The van der Waals surface area contributed by atoms with Crippen molar-refractivity contribution >= 4 is 31.5 Å². The lowest BCUT2D eigenvalue weighted by Crippen LogP contribution is -2.05. The smallest absolute Gasteiger partial charge is 0.208 e. The predicted octanol–water partition coefficient (Wildman–Crippen LogP) is 3.32. The van der Waals surface area contributed by atoms with Crippen LogP contribution in [0.5, 0.6) is 0 Å². The van der Waals surface area contributed by atoms with Gasteiger partial charge in [0.05, 0.1) is 15.5 Å². The van der Waals surface area contributed by atoms with E-state index in [9.17, 15) is 8.42 Å². The third-order valence-corrected chi connectivity index (χ3v) is 4.88. The fraction of sp³-hybridized carbons (Fsp3) is 0.0769. The van der Waals surface area contributed by atoms with Gasteiger partial charge >= 0.3 is 0 Å². The summed E-state index contributed by atoms with van der Waals surface area (Å²) in [6.07, 6.45) is 0. The molecule has 0 heterocycles. The van der Waals surface area contributed by atoms with Gasteiger partial charge < -0.3 is 5.32 Å². The first-order valence-corrected chi connectivity index (χ1v) is 7.61. The lowest BCUT2D eigenvalue weighted by atomic mass is 10.3. The molecular weight excluding hydrogens is 314 g/mol. The molecule has 18 heavy (non-hydrogen) atoms. The van der Waals surface area contributed by atoms with E-state index in [1.807, 2.05) is 0 Å². The van der Waals surface area contributed by atoms with E-state index in [0.717, 1.165) is 4.47 Å². The van der Waals surface area contributed by atoms with E-state index in [-0.39, 0.29) is 4.90 Å². The average Bonchev–Trinajstić information content (AvgIpc) is 2.39. The van der Waals surface area contributed by atoms with Gasteiger partial charge in [0.2, 0.25) is 9.84 Å². The van der Waals surface area contributed by atoms with E-state index >= 15 is 0 Å². The number of rotatable bonds is 3. The van der Waals surface area contributed by atoms with Crippen molar-refractivity contribution in [2.75, 3.05) is 12.4 Å². The number of benzene rings is 2. The first-order valence-electron chi connectivity index (χ1n) is 5.33. The van der Waals surface area contributed by atoms with Gasteiger partial charge in [-0.2, -0.15) is 0 Å². The van der Waals surface area contributed by atoms with Crippen LogP contribution in [0, 0.1) is 0 Å². The maximum Gasteiger partial charge on any atom is 0.208 e. The minimum absolute atomic E-state index is 0.277. The largest absolute Gasteiger partial charge is 0.387 e. The molecule has 0 fully saturated rings. The molecule has 1 N–H and O–H groups in total. The highest BCUT2D eigenvalue weighted by molar-refractivity contribution is 9.10. The Bertz CT molecular complexity index is 654. The van der Waals surface area contributed by atoms with Crippen LogP contribution in [0.3, 0.4) is 0 Å². The summed E-state index contributed by atoms with van der Waals surface area (Å²) in [6.45, 7) is 0. The van der Waals surface area contributed by atoms with Crippen LogP contribution in [-0.2, 0) is 9.84 Å². The number of anilines is 1. The van der Waals surface area contributed by atoms with Crippen LogP contribution in [-0.4, -0.2) is 15.5 Å². The van der Waals surface area contributed by atoms with Crippen LogP contribution in [0.25, 0.3) is 0 Å². The monoisotopic (exact) mass is 325 g/mol. The van der Waals surface area contributed by atoms with Crippen LogP contribution < -0.4 is 5.32 Å². The van der Waals surface area contributed by atoms with Gasteiger partial charge in [-0.25, -0.2) is 8.42 Å². The topological polar surface area (TPSA) is 46.2 Å². The Labute approximate surface area is 115 Å². The Morgan fingerprint density at radius 2 is 1.72 bits per heavy atom. The van der Waals surface area contributed by atoms with E-state index in [1.165, 1.54) is 0 Å². The van der Waals surface area contributed by atoms with Crippen LogP contribution in [0.15, 0.2) is 62.8 Å². The fourth-order valence-corrected chi connectivity index (χ4v) is 3.49. The average molecular weight is 326 g/mol. The Hall–Kier alpha value is -1.33. The molecule has 2 rings (SSSR count). The van der Waals surface area contributed by atoms with Gasteiger partial charge in [-0.05, 0) is 30.3 Å². The molecule has 0 aliphatic heterocycles. The molecule has 94 valence electrons. The molecule has 0 unspecified atom stereocenters. The van der Waals surface area contributed by atoms with Crippen molar-refractivity contribution in [1.29, 1.82) is 0 Å². The summed E-state index contributed by atoms with van der Waals surface area (Å²) in [7, 11) is -1.78. The number of halogens is 1. The SMILES string of the molecule is CNc1cc(Br)ccc1S(=O)(=O)c1ccccc1. The van der Waals surface area contributed by atoms with Gasteiger partial charge in [-0.3, -0.25) is 0 Å². The van der Waals surface area contributed by atoms with Crippen molar-refractivity contribution in [1.82, 2.24) is 0 Å². The number of nitrogens with one attached hydrogen (secondary N) is 1. The molecule has 0 saturated heterocycles. The number of hydrogen-bond donors (Lipinski definition) is 1. The molecule has 0 saturated carbocycles. The minimum atomic E-state index is -3.48. The molecule has 0 bridgehead atoms. The van der Waals surface area contributed by atoms with Crippen molar-refractivity contribution in [3.05, 3.63) is 53.0 Å². The van der Waals surface area contributed by atoms with Crippen LogP contribution in [0.1, 0.15) is 0 Å². The highest BCUT2D eigenvalue weighted by Gasteiger charge is 2.20. The Morgan fingerprint density at radius 1 is 1.06 bits per heavy atom.